The first-order valence-electron chi connectivity index (χ1n) is 9.64. The van der Waals surface area contributed by atoms with E-state index in [1.807, 2.05) is 6.07 Å². The van der Waals surface area contributed by atoms with Crippen molar-refractivity contribution >= 4 is 5.97 Å². The van der Waals surface area contributed by atoms with Crippen molar-refractivity contribution < 1.29 is 27.5 Å². The molecule has 3 unspecified atom stereocenters. The average molecular weight is 425 g/mol. The molecule has 0 saturated carbocycles. The number of nitriles is 1. The number of hydrogen-bond donors (Lipinski definition) is 1. The summed E-state index contributed by atoms with van der Waals surface area (Å²) in [5, 5.41) is 25.5. The number of nitrogens with one attached hydrogen (secondary N) is 1. The van der Waals surface area contributed by atoms with Crippen LogP contribution < -0.4 is 10.4 Å². The number of carboxylic acid groups (broad SMARTS) is 1. The van der Waals surface area contributed by atoms with Crippen LogP contribution in [-0.2, 0) is 11.0 Å². The number of rotatable bonds is 4. The van der Waals surface area contributed by atoms with E-state index in [4.69, 9.17) is 0 Å². The van der Waals surface area contributed by atoms with Crippen molar-refractivity contribution in [2.24, 2.45) is 10.8 Å². The van der Waals surface area contributed by atoms with Crippen molar-refractivity contribution in [2.45, 2.75) is 65.6 Å². The Bertz CT molecular complexity index is 909. The topological polar surface area (TPSA) is 76.0 Å². The average Bonchev–Trinajstić information content (AvgIpc) is 2.60. The molecule has 2 rings (SSSR count). The molecule has 0 bridgehead atoms. The predicted molar refractivity (Wildman–Crippen MR) is 101 cm³/mol. The lowest BCUT2D eigenvalue weighted by Crippen LogP contribution is -2.62. The van der Waals surface area contributed by atoms with Crippen molar-refractivity contribution in [1.82, 2.24) is 5.32 Å². The van der Waals surface area contributed by atoms with Gasteiger partial charge < -0.3 is 15.2 Å². The highest BCUT2D eigenvalue weighted by atomic mass is 19.4. The minimum Gasteiger partial charge on any atom is -0.549 e. The second kappa shape index (κ2) is 7.93. The van der Waals surface area contributed by atoms with Gasteiger partial charge in [0.2, 0.25) is 0 Å². The van der Waals surface area contributed by atoms with Gasteiger partial charge in [0.05, 0.1) is 23.2 Å². The molecule has 3 atom stereocenters. The summed E-state index contributed by atoms with van der Waals surface area (Å²) in [6, 6.07) is 3.26. The Morgan fingerprint density at radius 2 is 1.90 bits per heavy atom. The van der Waals surface area contributed by atoms with Crippen LogP contribution in [0.1, 0.15) is 64.5 Å². The van der Waals surface area contributed by atoms with Crippen LogP contribution in [0.4, 0.5) is 17.6 Å². The highest BCUT2D eigenvalue weighted by Gasteiger charge is 2.55. The number of carboxylic acids is 1. The van der Waals surface area contributed by atoms with Gasteiger partial charge >= 0.3 is 6.18 Å². The number of benzene rings is 1. The highest BCUT2D eigenvalue weighted by Crippen LogP contribution is 2.55. The molecule has 164 valence electrons. The van der Waals surface area contributed by atoms with Crippen LogP contribution in [0.15, 0.2) is 29.5 Å². The maximum atomic E-state index is 13.8. The SMILES string of the molecule is CCC1NC(C)=C(C#N)C(c2ccc(F)cc2C(F)(F)F)C1(CC(C)(C)C)C(=O)[O-]. The zero-order valence-electron chi connectivity index (χ0n) is 17.6. The molecule has 0 saturated heterocycles. The molecule has 30 heavy (non-hydrogen) atoms. The van der Waals surface area contributed by atoms with Gasteiger partial charge in [-0.15, -0.1) is 0 Å². The van der Waals surface area contributed by atoms with Crippen LogP contribution in [0, 0.1) is 28.0 Å². The van der Waals surface area contributed by atoms with Gasteiger partial charge in [-0.3, -0.25) is 0 Å². The van der Waals surface area contributed by atoms with Gasteiger partial charge in [0.15, 0.2) is 0 Å². The number of nitrogens with zero attached hydrogens (tertiary/aromatic N) is 1. The van der Waals surface area contributed by atoms with Crippen LogP contribution in [0.5, 0.6) is 0 Å². The number of alkyl halides is 3. The Labute approximate surface area is 173 Å². The Morgan fingerprint density at radius 1 is 1.30 bits per heavy atom. The zero-order valence-corrected chi connectivity index (χ0v) is 17.6. The number of carbonyl (C=O) groups is 1. The Hall–Kier alpha value is -2.56. The number of aliphatic carboxylic acids is 1. The van der Waals surface area contributed by atoms with Crippen molar-refractivity contribution in [3.05, 3.63) is 46.4 Å². The summed E-state index contributed by atoms with van der Waals surface area (Å²) < 4.78 is 55.3. The molecule has 8 heteroatoms. The summed E-state index contributed by atoms with van der Waals surface area (Å²) in [7, 11) is 0. The third-order valence-corrected chi connectivity index (χ3v) is 5.58. The van der Waals surface area contributed by atoms with Crippen LogP contribution in [0.2, 0.25) is 0 Å². The monoisotopic (exact) mass is 425 g/mol. The summed E-state index contributed by atoms with van der Waals surface area (Å²) in [5.41, 5.74) is -4.01. The van der Waals surface area contributed by atoms with Crippen molar-refractivity contribution in [3.63, 3.8) is 0 Å². The summed E-state index contributed by atoms with van der Waals surface area (Å²) in [5.74, 6) is -4.09. The number of halogens is 4. The lowest BCUT2D eigenvalue weighted by atomic mass is 9.56. The molecule has 0 spiro atoms. The third-order valence-electron chi connectivity index (χ3n) is 5.58. The van der Waals surface area contributed by atoms with E-state index in [1.54, 1.807) is 27.7 Å². The van der Waals surface area contributed by atoms with E-state index in [1.165, 1.54) is 6.92 Å². The standard InChI is InChI=1S/C22H26F4N2O2/c1-6-17-21(19(29)30,11-20(3,4)5)18(15(10-27)12(2)28-17)14-8-7-13(23)9-16(14)22(24,25)26/h7-9,17-18,28H,6,11H2,1-5H3,(H,29,30)/p-1. The molecule has 1 heterocycles. The molecule has 4 nitrogen and oxygen atoms in total. The minimum absolute atomic E-state index is 0.0500. The van der Waals surface area contributed by atoms with E-state index in [0.717, 1.165) is 12.1 Å². The van der Waals surface area contributed by atoms with E-state index in [0.29, 0.717) is 11.8 Å². The summed E-state index contributed by atoms with van der Waals surface area (Å²) >= 11 is 0. The molecule has 0 aliphatic carbocycles. The lowest BCUT2D eigenvalue weighted by molar-refractivity contribution is -0.323. The van der Waals surface area contributed by atoms with Gasteiger partial charge in [0.1, 0.15) is 5.82 Å². The normalized spacial score (nSPS) is 24.9. The Balaban J connectivity index is 3.00. The van der Waals surface area contributed by atoms with E-state index >= 15 is 0 Å². The summed E-state index contributed by atoms with van der Waals surface area (Å²) in [6.07, 6.45) is -4.71. The first-order valence-corrected chi connectivity index (χ1v) is 9.64. The zero-order chi connectivity index (χ0) is 23.1. The Morgan fingerprint density at radius 3 is 2.33 bits per heavy atom. The van der Waals surface area contributed by atoms with E-state index in [-0.39, 0.29) is 18.4 Å². The molecule has 0 aromatic heterocycles. The van der Waals surface area contributed by atoms with E-state index in [9.17, 15) is 32.7 Å². The minimum atomic E-state index is -4.93. The van der Waals surface area contributed by atoms with Crippen LogP contribution >= 0.6 is 0 Å². The van der Waals surface area contributed by atoms with Gasteiger partial charge in [-0.05, 0) is 42.9 Å². The maximum Gasteiger partial charge on any atom is 0.416 e. The second-order valence-electron chi connectivity index (χ2n) is 8.98. The number of hydrogen-bond acceptors (Lipinski definition) is 4. The largest absolute Gasteiger partial charge is 0.549 e. The van der Waals surface area contributed by atoms with Crippen LogP contribution in [0.3, 0.4) is 0 Å². The van der Waals surface area contributed by atoms with Crippen molar-refractivity contribution in [1.29, 1.82) is 5.26 Å². The first-order chi connectivity index (χ1) is 13.7. The number of allylic oxidation sites excluding steroid dienone is 2. The van der Waals surface area contributed by atoms with E-state index in [2.05, 4.69) is 5.32 Å². The molecule has 0 fully saturated rings. The molecule has 0 radical (unpaired) electrons. The highest BCUT2D eigenvalue weighted by molar-refractivity contribution is 5.78. The number of carbonyl (C=O) groups excluding carboxylic acids is 1. The smallest absolute Gasteiger partial charge is 0.416 e. The van der Waals surface area contributed by atoms with Gasteiger partial charge in [0.25, 0.3) is 0 Å². The van der Waals surface area contributed by atoms with Gasteiger partial charge in [-0.2, -0.15) is 18.4 Å². The predicted octanol–water partition coefficient (Wildman–Crippen LogP) is 4.28. The van der Waals surface area contributed by atoms with Gasteiger partial charge in [-0.1, -0.05) is 33.8 Å². The fourth-order valence-electron chi connectivity index (χ4n) is 4.65. The molecule has 1 N–H and O–H groups in total. The molecular weight excluding hydrogens is 400 g/mol. The van der Waals surface area contributed by atoms with Crippen LogP contribution in [0.25, 0.3) is 0 Å². The Kier molecular flexibility index (Phi) is 6.27. The van der Waals surface area contributed by atoms with Crippen LogP contribution in [-0.4, -0.2) is 12.0 Å². The maximum absolute atomic E-state index is 13.8. The molecule has 0 amide bonds. The fourth-order valence-corrected chi connectivity index (χ4v) is 4.65. The molecule has 1 aromatic carbocycles. The third kappa shape index (κ3) is 4.16. The second-order valence-corrected chi connectivity index (χ2v) is 8.98. The molecular formula is C22H25F4N2O2-. The van der Waals surface area contributed by atoms with Crippen molar-refractivity contribution in [3.8, 4) is 6.07 Å². The molecule has 1 aliphatic rings. The van der Waals surface area contributed by atoms with Gasteiger partial charge in [-0.25, -0.2) is 4.39 Å². The molecule has 1 aromatic rings. The fraction of sp³-hybridized carbons (Fsp3) is 0.545. The lowest BCUT2D eigenvalue weighted by Gasteiger charge is -2.53. The quantitative estimate of drug-likeness (QED) is 0.731. The summed E-state index contributed by atoms with van der Waals surface area (Å²) in [4.78, 5) is 12.7. The molecule has 1 aliphatic heterocycles. The van der Waals surface area contributed by atoms with E-state index < -0.39 is 51.9 Å². The van der Waals surface area contributed by atoms with Crippen molar-refractivity contribution in [2.75, 3.05) is 0 Å². The summed E-state index contributed by atoms with van der Waals surface area (Å²) in [6.45, 7) is 8.56. The van der Waals surface area contributed by atoms with Gasteiger partial charge in [0, 0.05) is 23.1 Å². The first kappa shape index (κ1) is 23.7.